The number of aliphatic hydroxyl groups is 6. The van der Waals surface area contributed by atoms with Crippen LogP contribution in [0.1, 0.15) is 26.3 Å². The minimum absolute atomic E-state index is 0.582. The van der Waals surface area contributed by atoms with E-state index in [2.05, 4.69) is 0 Å². The molecule has 0 aliphatic carbocycles. The van der Waals surface area contributed by atoms with Crippen LogP contribution in [-0.4, -0.2) is 60.2 Å². The van der Waals surface area contributed by atoms with E-state index < -0.39 is 35.3 Å². The fraction of sp³-hybridized carbons (Fsp3) is 0.500. The minimum atomic E-state index is -2.35. The van der Waals surface area contributed by atoms with Crippen LogP contribution >= 0.6 is 0 Å². The van der Waals surface area contributed by atoms with Gasteiger partial charge in [-0.25, -0.2) is 0 Å². The summed E-state index contributed by atoms with van der Waals surface area (Å²) in [4.78, 5) is 0. The Labute approximate surface area is 129 Å². The average molecular weight is 312 g/mol. The van der Waals surface area contributed by atoms with Crippen molar-refractivity contribution in [2.24, 2.45) is 0 Å². The van der Waals surface area contributed by atoms with Crippen LogP contribution in [0.5, 0.6) is 0 Å². The van der Waals surface area contributed by atoms with Crippen molar-refractivity contribution in [2.45, 2.75) is 43.7 Å². The zero-order valence-corrected chi connectivity index (χ0v) is 12.9. The van der Waals surface area contributed by atoms with Gasteiger partial charge in [0, 0.05) is 0 Å². The lowest BCUT2D eigenvalue weighted by molar-refractivity contribution is -0.253. The van der Waals surface area contributed by atoms with Crippen molar-refractivity contribution in [3.05, 3.63) is 41.7 Å². The Hall–Kier alpha value is -1.44. The summed E-state index contributed by atoms with van der Waals surface area (Å²) in [6, 6.07) is 8.61. The van der Waals surface area contributed by atoms with Gasteiger partial charge in [0.25, 0.3) is 0 Å². The molecule has 0 radical (unpaired) electrons. The van der Waals surface area contributed by atoms with Gasteiger partial charge in [0.2, 0.25) is 0 Å². The highest BCUT2D eigenvalue weighted by molar-refractivity contribution is 5.53. The van der Waals surface area contributed by atoms with Gasteiger partial charge in [-0.1, -0.05) is 30.3 Å². The normalized spacial score (nSPS) is 22.3. The van der Waals surface area contributed by atoms with Crippen molar-refractivity contribution in [3.63, 3.8) is 0 Å². The van der Waals surface area contributed by atoms with Crippen molar-refractivity contribution < 1.29 is 30.6 Å². The van der Waals surface area contributed by atoms with Crippen LogP contribution < -0.4 is 0 Å². The predicted molar refractivity (Wildman–Crippen MR) is 82.0 cm³/mol. The van der Waals surface area contributed by atoms with E-state index in [-0.39, 0.29) is 0 Å². The molecule has 0 aliphatic heterocycles. The van der Waals surface area contributed by atoms with Gasteiger partial charge in [-0.05, 0) is 32.4 Å². The first kappa shape index (κ1) is 18.6. The van der Waals surface area contributed by atoms with Gasteiger partial charge in [0.15, 0.2) is 0 Å². The van der Waals surface area contributed by atoms with E-state index >= 15 is 0 Å². The zero-order valence-electron chi connectivity index (χ0n) is 12.9. The summed E-state index contributed by atoms with van der Waals surface area (Å²) in [6.45, 7) is 2.43. The topological polar surface area (TPSA) is 121 Å². The Morgan fingerprint density at radius 3 is 2.05 bits per heavy atom. The fourth-order valence-electron chi connectivity index (χ4n) is 2.09. The Bertz CT molecular complexity index is 519. The maximum Gasteiger partial charge on any atom is 0.149 e. The van der Waals surface area contributed by atoms with Crippen molar-refractivity contribution >= 4 is 6.08 Å². The van der Waals surface area contributed by atoms with E-state index in [4.69, 9.17) is 5.11 Å². The molecule has 0 saturated heterocycles. The monoisotopic (exact) mass is 312 g/mol. The maximum atomic E-state index is 10.5. The summed E-state index contributed by atoms with van der Waals surface area (Å²) in [5.74, 6) is -0.589. The zero-order chi connectivity index (χ0) is 17.2. The molecule has 0 saturated carbocycles. The summed E-state index contributed by atoms with van der Waals surface area (Å²) in [5.41, 5.74) is -6.32. The third kappa shape index (κ3) is 3.16. The molecule has 1 aromatic rings. The molecule has 0 bridgehead atoms. The first-order valence-electron chi connectivity index (χ1n) is 6.90. The Morgan fingerprint density at radius 1 is 1.09 bits per heavy atom. The Kier molecular flexibility index (Phi) is 5.38. The third-order valence-corrected chi connectivity index (χ3v) is 4.36. The molecular weight excluding hydrogens is 288 g/mol. The molecule has 1 aromatic carbocycles. The lowest BCUT2D eigenvalue weighted by atomic mass is 9.70. The molecular formula is C16H24O6. The summed E-state index contributed by atoms with van der Waals surface area (Å²) in [7, 11) is 0. The lowest BCUT2D eigenvalue weighted by Crippen LogP contribution is -2.69. The Balaban J connectivity index is 3.23. The van der Waals surface area contributed by atoms with Gasteiger partial charge in [-0.15, -0.1) is 0 Å². The van der Waals surface area contributed by atoms with Gasteiger partial charge < -0.3 is 30.6 Å². The quantitative estimate of drug-likeness (QED) is 0.417. The second kappa shape index (κ2) is 6.36. The molecule has 6 nitrogen and oxygen atoms in total. The van der Waals surface area contributed by atoms with Crippen LogP contribution in [0.4, 0.5) is 0 Å². The van der Waals surface area contributed by atoms with Crippen molar-refractivity contribution in [1.82, 2.24) is 0 Å². The van der Waals surface area contributed by atoms with Gasteiger partial charge in [0.05, 0.1) is 6.61 Å². The molecule has 6 N–H and O–H groups in total. The van der Waals surface area contributed by atoms with E-state index in [0.717, 1.165) is 20.8 Å². The summed E-state index contributed by atoms with van der Waals surface area (Å²) < 4.78 is 0. The maximum absolute atomic E-state index is 10.5. The number of benzene rings is 1. The van der Waals surface area contributed by atoms with Crippen LogP contribution in [0.2, 0.25) is 0 Å². The molecule has 0 unspecified atom stereocenters. The molecule has 1 rings (SSSR count). The summed E-state index contributed by atoms with van der Waals surface area (Å²) >= 11 is 0. The van der Waals surface area contributed by atoms with E-state index in [1.54, 1.807) is 30.3 Å². The summed E-state index contributed by atoms with van der Waals surface area (Å²) in [5, 5.41) is 60.2. The molecule has 0 aliphatic rings. The van der Waals surface area contributed by atoms with E-state index in [1.165, 1.54) is 6.08 Å². The highest BCUT2D eigenvalue weighted by Crippen LogP contribution is 2.39. The molecule has 22 heavy (non-hydrogen) atoms. The first-order valence-corrected chi connectivity index (χ1v) is 6.90. The SMILES string of the molecule is C[C@@](O)([C@@](C)(O)C(O)=Cc1ccccc1)[C@](C)(O)[C@H](O)CO. The second-order valence-corrected chi connectivity index (χ2v) is 5.93. The molecule has 0 heterocycles. The van der Waals surface area contributed by atoms with E-state index in [0.29, 0.717) is 5.56 Å². The number of rotatable bonds is 6. The number of aliphatic hydroxyl groups excluding tert-OH is 3. The van der Waals surface area contributed by atoms with Crippen LogP contribution in [0, 0.1) is 0 Å². The number of hydrogen-bond acceptors (Lipinski definition) is 6. The fourth-order valence-corrected chi connectivity index (χ4v) is 2.09. The van der Waals surface area contributed by atoms with Crippen molar-refractivity contribution in [2.75, 3.05) is 6.61 Å². The van der Waals surface area contributed by atoms with Crippen LogP contribution in [0.25, 0.3) is 6.08 Å². The first-order chi connectivity index (χ1) is 9.98. The molecule has 124 valence electrons. The molecule has 0 spiro atoms. The van der Waals surface area contributed by atoms with Gasteiger partial charge >= 0.3 is 0 Å². The minimum Gasteiger partial charge on any atom is -0.509 e. The van der Waals surface area contributed by atoms with Crippen LogP contribution in [0.15, 0.2) is 36.1 Å². The van der Waals surface area contributed by atoms with Crippen LogP contribution in [0.3, 0.4) is 0 Å². The van der Waals surface area contributed by atoms with Gasteiger partial charge in [-0.3, -0.25) is 0 Å². The molecule has 0 fully saturated rings. The second-order valence-electron chi connectivity index (χ2n) is 5.93. The largest absolute Gasteiger partial charge is 0.509 e. The lowest BCUT2D eigenvalue weighted by Gasteiger charge is -2.48. The number of hydrogen-bond donors (Lipinski definition) is 6. The van der Waals surface area contributed by atoms with E-state index in [1.807, 2.05) is 0 Å². The average Bonchev–Trinajstić information content (AvgIpc) is 2.46. The summed E-state index contributed by atoms with van der Waals surface area (Å²) in [6.07, 6.45) is -0.464. The van der Waals surface area contributed by atoms with Gasteiger partial charge in [-0.2, -0.15) is 0 Å². The molecule has 6 heteroatoms. The highest BCUT2D eigenvalue weighted by Gasteiger charge is 2.59. The van der Waals surface area contributed by atoms with Crippen molar-refractivity contribution in [3.8, 4) is 0 Å². The molecule has 4 atom stereocenters. The standard InChI is InChI=1S/C16H24O6/c1-14(20,12(18)9-11-7-5-4-6-8-11)16(3,22)15(2,21)13(19)10-17/h4-9,13,17-22H,10H2,1-3H3/t13-,14+,15-,16-/m1/s1. The predicted octanol–water partition coefficient (Wildman–Crippen LogP) is 0.192. The highest BCUT2D eigenvalue weighted by atomic mass is 16.4. The van der Waals surface area contributed by atoms with Crippen molar-refractivity contribution in [1.29, 1.82) is 0 Å². The van der Waals surface area contributed by atoms with E-state index in [9.17, 15) is 25.5 Å². The molecule has 0 amide bonds. The van der Waals surface area contributed by atoms with Crippen LogP contribution in [-0.2, 0) is 0 Å². The molecule has 0 aromatic heterocycles. The van der Waals surface area contributed by atoms with Gasteiger partial charge in [0.1, 0.15) is 28.7 Å². The third-order valence-electron chi connectivity index (χ3n) is 4.36. The Morgan fingerprint density at radius 2 is 1.59 bits per heavy atom. The smallest absolute Gasteiger partial charge is 0.149 e.